The van der Waals surface area contributed by atoms with Gasteiger partial charge in [-0.05, 0) is 19.9 Å². The van der Waals surface area contributed by atoms with Crippen molar-refractivity contribution in [1.29, 1.82) is 0 Å². The molecule has 0 aliphatic carbocycles. The van der Waals surface area contributed by atoms with Crippen molar-refractivity contribution in [2.24, 2.45) is 0 Å². The Morgan fingerprint density at radius 2 is 2.14 bits per heavy atom. The van der Waals surface area contributed by atoms with Crippen molar-refractivity contribution in [3.63, 3.8) is 0 Å². The molecule has 1 aromatic rings. The molecule has 76 valence electrons. The minimum Gasteiger partial charge on any atom is -0.489 e. The van der Waals surface area contributed by atoms with Gasteiger partial charge in [-0.15, -0.1) is 0 Å². The van der Waals surface area contributed by atoms with Crippen LogP contribution in [0.1, 0.15) is 13.8 Å². The van der Waals surface area contributed by atoms with Gasteiger partial charge in [0.1, 0.15) is 5.75 Å². The van der Waals surface area contributed by atoms with Crippen molar-refractivity contribution < 1.29 is 9.66 Å². The largest absolute Gasteiger partial charge is 0.489 e. The number of ether oxygens (including phenoxy) is 1. The van der Waals surface area contributed by atoms with E-state index >= 15 is 0 Å². The summed E-state index contributed by atoms with van der Waals surface area (Å²) >= 11 is 5.79. The Bertz CT molecular complexity index is 352. The predicted molar refractivity (Wildman–Crippen MR) is 53.9 cm³/mol. The summed E-state index contributed by atoms with van der Waals surface area (Å²) in [7, 11) is 0. The Morgan fingerprint density at radius 3 is 2.57 bits per heavy atom. The lowest BCUT2D eigenvalue weighted by molar-refractivity contribution is -0.384. The van der Waals surface area contributed by atoms with E-state index in [0.717, 1.165) is 0 Å². The molecule has 1 rings (SSSR count). The monoisotopic (exact) mass is 215 g/mol. The van der Waals surface area contributed by atoms with Crippen molar-refractivity contribution in [2.75, 3.05) is 0 Å². The molecule has 0 heterocycles. The van der Waals surface area contributed by atoms with E-state index in [1.54, 1.807) is 0 Å². The first kappa shape index (κ1) is 10.8. The molecule has 0 radical (unpaired) electrons. The van der Waals surface area contributed by atoms with Gasteiger partial charge in [0.15, 0.2) is 0 Å². The summed E-state index contributed by atoms with van der Waals surface area (Å²) in [6.45, 7) is 3.72. The smallest absolute Gasteiger partial charge is 0.271 e. The molecule has 4 nitrogen and oxygen atoms in total. The first-order valence-electron chi connectivity index (χ1n) is 4.11. The quantitative estimate of drug-likeness (QED) is 0.575. The van der Waals surface area contributed by atoms with Crippen LogP contribution < -0.4 is 4.74 Å². The van der Waals surface area contributed by atoms with Crippen LogP contribution >= 0.6 is 11.6 Å². The van der Waals surface area contributed by atoms with Gasteiger partial charge >= 0.3 is 0 Å². The zero-order valence-electron chi connectivity index (χ0n) is 7.86. The first-order valence-corrected chi connectivity index (χ1v) is 4.49. The van der Waals surface area contributed by atoms with Gasteiger partial charge in [-0.1, -0.05) is 11.6 Å². The number of nitro benzene ring substituents is 1. The highest BCUT2D eigenvalue weighted by Gasteiger charge is 2.10. The van der Waals surface area contributed by atoms with Crippen LogP contribution in [0.15, 0.2) is 18.2 Å². The number of halogens is 1. The standard InChI is InChI=1S/C9H10ClNO3/c1-6(2)14-9-4-3-7(11(12)13)5-8(9)10/h3-6H,1-2H3. The normalized spacial score (nSPS) is 10.3. The van der Waals surface area contributed by atoms with E-state index in [9.17, 15) is 10.1 Å². The van der Waals surface area contributed by atoms with Crippen molar-refractivity contribution >= 4 is 17.3 Å². The third-order valence-electron chi connectivity index (χ3n) is 1.49. The molecule has 0 aliphatic rings. The highest BCUT2D eigenvalue weighted by Crippen LogP contribution is 2.29. The average molecular weight is 216 g/mol. The maximum absolute atomic E-state index is 10.4. The molecule has 0 spiro atoms. The molecule has 0 aromatic heterocycles. The van der Waals surface area contributed by atoms with Crippen molar-refractivity contribution in [1.82, 2.24) is 0 Å². The fourth-order valence-corrected chi connectivity index (χ4v) is 1.17. The van der Waals surface area contributed by atoms with Crippen LogP contribution in [0.2, 0.25) is 5.02 Å². The van der Waals surface area contributed by atoms with Crippen molar-refractivity contribution in [2.45, 2.75) is 20.0 Å². The van der Waals surface area contributed by atoms with E-state index in [-0.39, 0.29) is 16.8 Å². The van der Waals surface area contributed by atoms with Crippen LogP contribution in [0.5, 0.6) is 5.75 Å². The van der Waals surface area contributed by atoms with Gasteiger partial charge < -0.3 is 4.74 Å². The fourth-order valence-electron chi connectivity index (χ4n) is 0.953. The lowest BCUT2D eigenvalue weighted by Gasteiger charge is -2.10. The molecule has 5 heteroatoms. The molecule has 0 fully saturated rings. The second-order valence-corrected chi connectivity index (χ2v) is 3.45. The summed E-state index contributed by atoms with van der Waals surface area (Å²) in [5.74, 6) is 0.465. The van der Waals surface area contributed by atoms with Crippen molar-refractivity contribution in [3.8, 4) is 5.75 Å². The third kappa shape index (κ3) is 2.60. The Kier molecular flexibility index (Phi) is 3.30. The lowest BCUT2D eigenvalue weighted by atomic mass is 10.3. The number of nitrogens with zero attached hydrogens (tertiary/aromatic N) is 1. The second kappa shape index (κ2) is 4.28. The molecule has 0 bridgehead atoms. The lowest BCUT2D eigenvalue weighted by Crippen LogP contribution is -2.05. The topological polar surface area (TPSA) is 52.4 Å². The number of nitro groups is 1. The highest BCUT2D eigenvalue weighted by molar-refractivity contribution is 6.32. The minimum absolute atomic E-state index is 0.00560. The maximum Gasteiger partial charge on any atom is 0.271 e. The van der Waals surface area contributed by atoms with Crippen LogP contribution in [-0.2, 0) is 0 Å². The molecule has 0 aliphatic heterocycles. The number of hydrogen-bond donors (Lipinski definition) is 0. The molecule has 0 N–H and O–H groups in total. The summed E-state index contributed by atoms with van der Waals surface area (Å²) in [6, 6.07) is 4.14. The summed E-state index contributed by atoms with van der Waals surface area (Å²) < 4.78 is 5.33. The molecule has 0 saturated heterocycles. The van der Waals surface area contributed by atoms with Gasteiger partial charge in [-0.3, -0.25) is 10.1 Å². The Balaban J connectivity index is 2.95. The van der Waals surface area contributed by atoms with E-state index < -0.39 is 4.92 Å². The number of rotatable bonds is 3. The molecular formula is C9H10ClNO3. The van der Waals surface area contributed by atoms with Crippen LogP contribution in [0.3, 0.4) is 0 Å². The molecule has 0 unspecified atom stereocenters. The van der Waals surface area contributed by atoms with E-state index in [0.29, 0.717) is 5.75 Å². The summed E-state index contributed by atoms with van der Waals surface area (Å²) in [5, 5.41) is 10.7. The van der Waals surface area contributed by atoms with Crippen molar-refractivity contribution in [3.05, 3.63) is 33.3 Å². The van der Waals surface area contributed by atoms with Crippen LogP contribution in [0, 0.1) is 10.1 Å². The Labute approximate surface area is 86.6 Å². The van der Waals surface area contributed by atoms with E-state index in [4.69, 9.17) is 16.3 Å². The highest BCUT2D eigenvalue weighted by atomic mass is 35.5. The summed E-state index contributed by atoms with van der Waals surface area (Å²) in [6.07, 6.45) is -0.00560. The van der Waals surface area contributed by atoms with Gasteiger partial charge in [0.05, 0.1) is 16.0 Å². The fraction of sp³-hybridized carbons (Fsp3) is 0.333. The van der Waals surface area contributed by atoms with Crippen LogP contribution in [0.4, 0.5) is 5.69 Å². The van der Waals surface area contributed by atoms with E-state index in [2.05, 4.69) is 0 Å². The van der Waals surface area contributed by atoms with Crippen LogP contribution in [0.25, 0.3) is 0 Å². The van der Waals surface area contributed by atoms with Gasteiger partial charge in [0, 0.05) is 12.1 Å². The summed E-state index contributed by atoms with van der Waals surface area (Å²) in [4.78, 5) is 9.90. The van der Waals surface area contributed by atoms with Gasteiger partial charge in [0.25, 0.3) is 5.69 Å². The molecule has 0 atom stereocenters. The zero-order chi connectivity index (χ0) is 10.7. The first-order chi connectivity index (χ1) is 6.50. The molecule has 0 saturated carbocycles. The Morgan fingerprint density at radius 1 is 1.50 bits per heavy atom. The van der Waals surface area contributed by atoms with Gasteiger partial charge in [-0.2, -0.15) is 0 Å². The van der Waals surface area contributed by atoms with E-state index in [1.165, 1.54) is 18.2 Å². The molecule has 0 amide bonds. The molecular weight excluding hydrogens is 206 g/mol. The van der Waals surface area contributed by atoms with Gasteiger partial charge in [-0.25, -0.2) is 0 Å². The minimum atomic E-state index is -0.495. The predicted octanol–water partition coefficient (Wildman–Crippen LogP) is 3.04. The SMILES string of the molecule is CC(C)Oc1ccc([N+](=O)[O-])cc1Cl. The number of non-ortho nitro benzene ring substituents is 1. The third-order valence-corrected chi connectivity index (χ3v) is 1.78. The summed E-state index contributed by atoms with van der Waals surface area (Å²) in [5.41, 5.74) is -0.0360. The average Bonchev–Trinajstić information content (AvgIpc) is 2.07. The number of benzene rings is 1. The maximum atomic E-state index is 10.4. The molecule has 1 aromatic carbocycles. The van der Waals surface area contributed by atoms with E-state index in [1.807, 2.05) is 13.8 Å². The second-order valence-electron chi connectivity index (χ2n) is 3.04. The molecule has 14 heavy (non-hydrogen) atoms. The number of hydrogen-bond acceptors (Lipinski definition) is 3. The Hall–Kier alpha value is -1.29. The van der Waals surface area contributed by atoms with Gasteiger partial charge in [0.2, 0.25) is 0 Å². The van der Waals surface area contributed by atoms with Crippen LogP contribution in [-0.4, -0.2) is 11.0 Å². The zero-order valence-corrected chi connectivity index (χ0v) is 8.62.